The summed E-state index contributed by atoms with van der Waals surface area (Å²) in [4.78, 5) is 7.34. The maximum Gasteiger partial charge on any atom is 0.0653 e. The predicted octanol–water partition coefficient (Wildman–Crippen LogP) is 5.19. The first-order chi connectivity index (χ1) is 11.3. The first-order valence-corrected chi connectivity index (χ1v) is 8.84. The molecule has 0 saturated carbocycles. The highest BCUT2D eigenvalue weighted by Crippen LogP contribution is 2.23. The quantitative estimate of drug-likeness (QED) is 0.755. The van der Waals surface area contributed by atoms with Crippen molar-refractivity contribution in [3.8, 4) is 0 Å². The Morgan fingerprint density at radius 3 is 2.52 bits per heavy atom. The number of rotatable bonds is 5. The number of benzene rings is 1. The summed E-state index contributed by atoms with van der Waals surface area (Å²) in [5, 5.41) is 0. The molecule has 2 heterocycles. The van der Waals surface area contributed by atoms with Gasteiger partial charge in [0.15, 0.2) is 0 Å². The summed E-state index contributed by atoms with van der Waals surface area (Å²) in [7, 11) is 0. The van der Waals surface area contributed by atoms with Gasteiger partial charge in [-0.2, -0.15) is 0 Å². The highest BCUT2D eigenvalue weighted by Gasteiger charge is 2.12. The van der Waals surface area contributed by atoms with Crippen LogP contribution in [0.25, 0.3) is 12.2 Å². The average Bonchev–Trinajstić information content (AvgIpc) is 2.62. The first-order valence-electron chi connectivity index (χ1n) is 8.84. The van der Waals surface area contributed by atoms with E-state index in [4.69, 9.17) is 4.98 Å². The SMILES string of the molecule is CCCc1cc(N2CCCCC2)cc(/C=C/c2ccccc2)n1. The fraction of sp³-hybridized carbons (Fsp3) is 0.381. The van der Waals surface area contributed by atoms with E-state index >= 15 is 0 Å². The predicted molar refractivity (Wildman–Crippen MR) is 99.7 cm³/mol. The van der Waals surface area contributed by atoms with Crippen LogP contribution >= 0.6 is 0 Å². The fourth-order valence-electron chi connectivity index (χ4n) is 3.14. The van der Waals surface area contributed by atoms with Crippen LogP contribution in [0.5, 0.6) is 0 Å². The van der Waals surface area contributed by atoms with Gasteiger partial charge in [0.05, 0.1) is 5.69 Å². The minimum atomic E-state index is 1.05. The maximum absolute atomic E-state index is 4.82. The van der Waals surface area contributed by atoms with Gasteiger partial charge < -0.3 is 4.90 Å². The molecular formula is C21H26N2. The molecule has 120 valence electrons. The molecule has 1 saturated heterocycles. The smallest absolute Gasteiger partial charge is 0.0653 e. The number of piperidine rings is 1. The summed E-state index contributed by atoms with van der Waals surface area (Å²) in [5.74, 6) is 0. The van der Waals surface area contributed by atoms with Gasteiger partial charge in [-0.1, -0.05) is 49.8 Å². The largest absolute Gasteiger partial charge is 0.371 e. The van der Waals surface area contributed by atoms with Crippen molar-refractivity contribution in [3.05, 3.63) is 59.4 Å². The fourth-order valence-corrected chi connectivity index (χ4v) is 3.14. The molecule has 1 fully saturated rings. The van der Waals surface area contributed by atoms with E-state index in [-0.39, 0.29) is 0 Å². The number of hydrogen-bond acceptors (Lipinski definition) is 2. The molecule has 23 heavy (non-hydrogen) atoms. The van der Waals surface area contributed by atoms with E-state index in [1.165, 1.54) is 49.3 Å². The Labute approximate surface area is 139 Å². The molecule has 0 N–H and O–H groups in total. The number of nitrogens with zero attached hydrogens (tertiary/aromatic N) is 2. The number of aromatic nitrogens is 1. The molecule has 2 aromatic rings. The number of anilines is 1. The number of aryl methyl sites for hydroxylation is 1. The van der Waals surface area contributed by atoms with E-state index in [0.29, 0.717) is 0 Å². The van der Waals surface area contributed by atoms with E-state index < -0.39 is 0 Å². The van der Waals surface area contributed by atoms with Crippen LogP contribution < -0.4 is 4.90 Å². The molecule has 1 aliphatic heterocycles. The topological polar surface area (TPSA) is 16.1 Å². The summed E-state index contributed by atoms with van der Waals surface area (Å²) in [5.41, 5.74) is 4.84. The van der Waals surface area contributed by atoms with Gasteiger partial charge in [0.2, 0.25) is 0 Å². The highest BCUT2D eigenvalue weighted by atomic mass is 15.1. The molecule has 1 aromatic carbocycles. The van der Waals surface area contributed by atoms with Crippen LogP contribution in [-0.4, -0.2) is 18.1 Å². The third-order valence-electron chi connectivity index (χ3n) is 4.36. The molecule has 0 amide bonds. The number of pyridine rings is 1. The van der Waals surface area contributed by atoms with Crippen molar-refractivity contribution >= 4 is 17.8 Å². The third kappa shape index (κ3) is 4.44. The van der Waals surface area contributed by atoms with Crippen LogP contribution in [0.1, 0.15) is 49.6 Å². The lowest BCUT2D eigenvalue weighted by Crippen LogP contribution is -2.29. The standard InChI is InChI=1S/C21H26N2/c1-2-9-19-16-21(23-14-7-4-8-15-23)17-20(22-19)13-12-18-10-5-3-6-11-18/h3,5-6,10-13,16-17H,2,4,7-9,14-15H2,1H3/b13-12+. The van der Waals surface area contributed by atoms with Gasteiger partial charge >= 0.3 is 0 Å². The maximum atomic E-state index is 4.82. The normalized spacial score (nSPS) is 15.3. The second kappa shape index (κ2) is 7.96. The summed E-state index contributed by atoms with van der Waals surface area (Å²) in [6.45, 7) is 4.57. The molecule has 1 aliphatic rings. The van der Waals surface area contributed by atoms with Crippen LogP contribution in [0.4, 0.5) is 5.69 Å². The van der Waals surface area contributed by atoms with Crippen molar-refractivity contribution in [1.29, 1.82) is 0 Å². The summed E-state index contributed by atoms with van der Waals surface area (Å²) in [6.07, 6.45) is 10.5. The zero-order chi connectivity index (χ0) is 15.9. The molecule has 0 bridgehead atoms. The minimum Gasteiger partial charge on any atom is -0.371 e. The Morgan fingerprint density at radius 2 is 1.78 bits per heavy atom. The molecule has 0 atom stereocenters. The van der Waals surface area contributed by atoms with E-state index in [0.717, 1.165) is 18.5 Å². The van der Waals surface area contributed by atoms with Crippen molar-refractivity contribution in [2.45, 2.75) is 39.0 Å². The summed E-state index contributed by atoms with van der Waals surface area (Å²) >= 11 is 0. The zero-order valence-electron chi connectivity index (χ0n) is 14.0. The van der Waals surface area contributed by atoms with Gasteiger partial charge in [-0.3, -0.25) is 4.98 Å². The van der Waals surface area contributed by atoms with Crippen molar-refractivity contribution in [2.24, 2.45) is 0 Å². The van der Waals surface area contributed by atoms with E-state index in [9.17, 15) is 0 Å². The van der Waals surface area contributed by atoms with Crippen molar-refractivity contribution in [2.75, 3.05) is 18.0 Å². The Balaban J connectivity index is 1.86. The van der Waals surface area contributed by atoms with Crippen LogP contribution in [0.2, 0.25) is 0 Å². The van der Waals surface area contributed by atoms with Crippen molar-refractivity contribution < 1.29 is 0 Å². The van der Waals surface area contributed by atoms with Crippen LogP contribution in [0.15, 0.2) is 42.5 Å². The van der Waals surface area contributed by atoms with Gasteiger partial charge in [0, 0.05) is 24.5 Å². The second-order valence-electron chi connectivity index (χ2n) is 6.28. The minimum absolute atomic E-state index is 1.05. The van der Waals surface area contributed by atoms with Crippen molar-refractivity contribution in [1.82, 2.24) is 4.98 Å². The molecular weight excluding hydrogens is 280 g/mol. The summed E-state index contributed by atoms with van der Waals surface area (Å²) in [6, 6.07) is 15.0. The monoisotopic (exact) mass is 306 g/mol. The molecule has 1 aromatic heterocycles. The summed E-state index contributed by atoms with van der Waals surface area (Å²) < 4.78 is 0. The van der Waals surface area contributed by atoms with Gasteiger partial charge in [-0.25, -0.2) is 0 Å². The lowest BCUT2D eigenvalue weighted by Gasteiger charge is -2.29. The zero-order valence-corrected chi connectivity index (χ0v) is 14.0. The molecule has 2 heteroatoms. The highest BCUT2D eigenvalue weighted by molar-refractivity contribution is 5.69. The number of hydrogen-bond donors (Lipinski definition) is 0. The lowest BCUT2D eigenvalue weighted by atomic mass is 10.1. The third-order valence-corrected chi connectivity index (χ3v) is 4.36. The Hall–Kier alpha value is -2.09. The molecule has 2 nitrogen and oxygen atoms in total. The average molecular weight is 306 g/mol. The Morgan fingerprint density at radius 1 is 1.00 bits per heavy atom. The molecule has 0 unspecified atom stereocenters. The Bertz CT molecular complexity index is 640. The molecule has 3 rings (SSSR count). The second-order valence-corrected chi connectivity index (χ2v) is 6.28. The molecule has 0 radical (unpaired) electrons. The molecule has 0 aliphatic carbocycles. The lowest BCUT2D eigenvalue weighted by molar-refractivity contribution is 0.577. The van der Waals surface area contributed by atoms with Gasteiger partial charge in [-0.15, -0.1) is 0 Å². The Kier molecular flexibility index (Phi) is 5.46. The van der Waals surface area contributed by atoms with Gasteiger partial charge in [-0.05, 0) is 49.5 Å². The van der Waals surface area contributed by atoms with E-state index in [1.54, 1.807) is 0 Å². The van der Waals surface area contributed by atoms with Gasteiger partial charge in [0.25, 0.3) is 0 Å². The van der Waals surface area contributed by atoms with Crippen LogP contribution in [-0.2, 0) is 6.42 Å². The van der Waals surface area contributed by atoms with Crippen LogP contribution in [0, 0.1) is 0 Å². The van der Waals surface area contributed by atoms with E-state index in [2.05, 4.69) is 60.4 Å². The van der Waals surface area contributed by atoms with Crippen molar-refractivity contribution in [3.63, 3.8) is 0 Å². The van der Waals surface area contributed by atoms with Crippen LogP contribution in [0.3, 0.4) is 0 Å². The molecule has 0 spiro atoms. The van der Waals surface area contributed by atoms with E-state index in [1.807, 2.05) is 6.07 Å². The first kappa shape index (κ1) is 15.8. The van der Waals surface area contributed by atoms with Gasteiger partial charge in [0.1, 0.15) is 0 Å².